The Kier molecular flexibility index (Phi) is 16.4. The molecule has 3 aromatic carbocycles. The molecule has 0 fully saturated rings. The number of fused-ring (bicyclic) bond motifs is 2. The molecule has 6 heteroatoms. The number of hydrogen-bond donors (Lipinski definition) is 0. The number of nitrogens with zero attached hydrogens (tertiary/aromatic N) is 1. The maximum atomic E-state index is 5.95. The van der Waals surface area contributed by atoms with Gasteiger partial charge >= 0.3 is 0 Å². The molecule has 2 atom stereocenters. The van der Waals surface area contributed by atoms with Gasteiger partial charge in [-0.2, -0.15) is 0 Å². The van der Waals surface area contributed by atoms with Crippen LogP contribution >= 0.6 is 0 Å². The van der Waals surface area contributed by atoms with Crippen LogP contribution in [0.3, 0.4) is 0 Å². The lowest BCUT2D eigenvalue weighted by Gasteiger charge is -2.33. The molecule has 47 heavy (non-hydrogen) atoms. The lowest BCUT2D eigenvalue weighted by atomic mass is 9.82. The van der Waals surface area contributed by atoms with Gasteiger partial charge in [0.2, 0.25) is 5.75 Å². The van der Waals surface area contributed by atoms with Crippen molar-refractivity contribution in [3.63, 3.8) is 0 Å². The lowest BCUT2D eigenvalue weighted by molar-refractivity contribution is 0.0371. The van der Waals surface area contributed by atoms with E-state index in [0.717, 1.165) is 54.6 Å². The van der Waals surface area contributed by atoms with E-state index in [2.05, 4.69) is 75.1 Å². The molecule has 0 heterocycles. The molecular formula is C41H61NO5. The summed E-state index contributed by atoms with van der Waals surface area (Å²) in [4.78, 5) is 2.58. The largest absolute Gasteiger partial charge is 0.501 e. The van der Waals surface area contributed by atoms with Gasteiger partial charge in [-0.25, -0.2) is 0 Å². The standard InChI is InChI=1S/C23H37NO2.C18H24O3/c1-6-9-14-24(13-8-3)17-18-11-12-19-16-22(25-4)20(10-7-2)23(26-5)21(19)15-18;1-5-6-7-8-13-9-10-14-12-16(19-2)18(21-4)17(20-3)15(14)11-13/h11-12,15-16,20,23H,6-10,13-14,17H2,1-5H3;9-12H,5-8H2,1-4H3. The zero-order chi connectivity index (χ0) is 34.2. The average Bonchev–Trinajstić information content (AvgIpc) is 3.09. The minimum absolute atomic E-state index is 0.0834. The highest BCUT2D eigenvalue weighted by molar-refractivity contribution is 5.93. The summed E-state index contributed by atoms with van der Waals surface area (Å²) in [6, 6.07) is 15.4. The number of unbranched alkanes of at least 4 members (excludes halogenated alkanes) is 3. The van der Waals surface area contributed by atoms with Crippen LogP contribution in [0.15, 0.2) is 48.2 Å². The fourth-order valence-electron chi connectivity index (χ4n) is 6.71. The van der Waals surface area contributed by atoms with Gasteiger partial charge in [-0.15, -0.1) is 0 Å². The van der Waals surface area contributed by atoms with Crippen molar-refractivity contribution in [3.8, 4) is 17.2 Å². The molecule has 260 valence electrons. The van der Waals surface area contributed by atoms with Crippen LogP contribution in [0.4, 0.5) is 0 Å². The van der Waals surface area contributed by atoms with Crippen molar-refractivity contribution in [1.29, 1.82) is 0 Å². The summed E-state index contributed by atoms with van der Waals surface area (Å²) in [6.07, 6.45) is 13.0. The summed E-state index contributed by atoms with van der Waals surface area (Å²) in [7, 11) is 8.55. The second-order valence-corrected chi connectivity index (χ2v) is 12.6. The molecule has 0 aliphatic heterocycles. The van der Waals surface area contributed by atoms with Crippen LogP contribution in [0.2, 0.25) is 0 Å². The molecule has 0 saturated carbocycles. The van der Waals surface area contributed by atoms with Gasteiger partial charge in [0.05, 0.1) is 34.5 Å². The van der Waals surface area contributed by atoms with Gasteiger partial charge in [0.15, 0.2) is 11.5 Å². The molecule has 0 spiro atoms. The van der Waals surface area contributed by atoms with Crippen LogP contribution in [0.5, 0.6) is 17.2 Å². The van der Waals surface area contributed by atoms with Crippen LogP contribution in [0, 0.1) is 5.92 Å². The van der Waals surface area contributed by atoms with Gasteiger partial charge in [0.25, 0.3) is 0 Å². The van der Waals surface area contributed by atoms with Crippen molar-refractivity contribution in [3.05, 3.63) is 70.5 Å². The van der Waals surface area contributed by atoms with Crippen molar-refractivity contribution < 1.29 is 23.7 Å². The van der Waals surface area contributed by atoms with E-state index in [1.165, 1.54) is 67.3 Å². The van der Waals surface area contributed by atoms with Crippen LogP contribution in [0.1, 0.15) is 107 Å². The summed E-state index contributed by atoms with van der Waals surface area (Å²) < 4.78 is 28.1. The Balaban J connectivity index is 0.000000261. The number of benzene rings is 3. The van der Waals surface area contributed by atoms with E-state index in [9.17, 15) is 0 Å². The zero-order valence-electron chi connectivity index (χ0n) is 30.7. The van der Waals surface area contributed by atoms with E-state index in [-0.39, 0.29) is 6.10 Å². The molecule has 0 bridgehead atoms. The van der Waals surface area contributed by atoms with Crippen molar-refractivity contribution in [2.45, 2.75) is 98.1 Å². The average molecular weight is 648 g/mol. The van der Waals surface area contributed by atoms with E-state index in [0.29, 0.717) is 17.4 Å². The Morgan fingerprint density at radius 3 is 2.02 bits per heavy atom. The van der Waals surface area contributed by atoms with Crippen LogP contribution in [-0.2, 0) is 22.4 Å². The van der Waals surface area contributed by atoms with E-state index in [1.54, 1.807) is 28.4 Å². The summed E-state index contributed by atoms with van der Waals surface area (Å²) in [5, 5.41) is 2.17. The summed E-state index contributed by atoms with van der Waals surface area (Å²) in [5.74, 6) is 3.45. The van der Waals surface area contributed by atoms with Crippen molar-refractivity contribution in [2.24, 2.45) is 5.92 Å². The monoisotopic (exact) mass is 647 g/mol. The molecule has 0 radical (unpaired) electrons. The van der Waals surface area contributed by atoms with Crippen LogP contribution in [0.25, 0.3) is 16.8 Å². The number of rotatable bonds is 18. The fourth-order valence-corrected chi connectivity index (χ4v) is 6.71. The predicted molar refractivity (Wildman–Crippen MR) is 197 cm³/mol. The Hall–Kier alpha value is -3.22. The predicted octanol–water partition coefficient (Wildman–Crippen LogP) is 10.4. The highest BCUT2D eigenvalue weighted by Gasteiger charge is 2.32. The molecule has 0 N–H and O–H groups in total. The second-order valence-electron chi connectivity index (χ2n) is 12.6. The highest BCUT2D eigenvalue weighted by Crippen LogP contribution is 2.44. The maximum absolute atomic E-state index is 5.95. The van der Waals surface area contributed by atoms with E-state index < -0.39 is 0 Å². The quantitative estimate of drug-likeness (QED) is 0.128. The van der Waals surface area contributed by atoms with Crippen LogP contribution in [-0.4, -0.2) is 53.5 Å². The third-order valence-corrected chi connectivity index (χ3v) is 9.13. The molecule has 2 unspecified atom stereocenters. The van der Waals surface area contributed by atoms with Crippen LogP contribution < -0.4 is 14.2 Å². The lowest BCUT2D eigenvalue weighted by Crippen LogP contribution is -2.26. The van der Waals surface area contributed by atoms with Crippen molar-refractivity contribution in [2.75, 3.05) is 48.6 Å². The normalized spacial score (nSPS) is 15.5. The smallest absolute Gasteiger partial charge is 0.203 e. The molecule has 0 saturated heterocycles. The number of methoxy groups -OCH3 is 5. The Morgan fingerprint density at radius 1 is 0.660 bits per heavy atom. The maximum Gasteiger partial charge on any atom is 0.203 e. The van der Waals surface area contributed by atoms with Crippen molar-refractivity contribution >= 4 is 16.8 Å². The number of aryl methyl sites for hydroxylation is 1. The fraction of sp³-hybridized carbons (Fsp3) is 0.561. The van der Waals surface area contributed by atoms with Crippen molar-refractivity contribution in [1.82, 2.24) is 4.90 Å². The zero-order valence-corrected chi connectivity index (χ0v) is 30.7. The first-order chi connectivity index (χ1) is 22.9. The third kappa shape index (κ3) is 10.1. The minimum atomic E-state index is 0.0834. The Morgan fingerprint density at radius 2 is 1.40 bits per heavy atom. The molecule has 1 aliphatic rings. The Bertz CT molecular complexity index is 1400. The first-order valence-corrected chi connectivity index (χ1v) is 17.8. The SMILES string of the molecule is CCCCCc1ccc2cc(OC)c(OC)c(OC)c2c1.CCCCN(CCC)Cc1ccc2c(c1)C(OC)C(CCC)C(OC)=C2. The van der Waals surface area contributed by atoms with E-state index in [1.807, 2.05) is 13.2 Å². The molecule has 4 rings (SSSR count). The molecule has 0 amide bonds. The van der Waals surface area contributed by atoms with Gasteiger partial charge in [-0.05, 0) is 91.0 Å². The highest BCUT2D eigenvalue weighted by atomic mass is 16.5. The minimum Gasteiger partial charge on any atom is -0.501 e. The van der Waals surface area contributed by atoms with E-state index in [4.69, 9.17) is 23.7 Å². The van der Waals surface area contributed by atoms with Gasteiger partial charge < -0.3 is 23.7 Å². The molecule has 0 aromatic heterocycles. The van der Waals surface area contributed by atoms with Gasteiger partial charge in [-0.1, -0.05) is 83.7 Å². The summed E-state index contributed by atoms with van der Waals surface area (Å²) in [6.45, 7) is 12.3. The number of ether oxygens (including phenoxy) is 5. The first kappa shape index (κ1) is 38.2. The summed E-state index contributed by atoms with van der Waals surface area (Å²) >= 11 is 0. The third-order valence-electron chi connectivity index (χ3n) is 9.13. The van der Waals surface area contributed by atoms with Gasteiger partial charge in [0, 0.05) is 25.0 Å². The van der Waals surface area contributed by atoms with E-state index >= 15 is 0 Å². The number of hydrogen-bond acceptors (Lipinski definition) is 6. The van der Waals surface area contributed by atoms with Gasteiger partial charge in [-0.3, -0.25) is 4.90 Å². The molecule has 6 nitrogen and oxygen atoms in total. The molecule has 1 aliphatic carbocycles. The molecular weight excluding hydrogens is 586 g/mol. The first-order valence-electron chi connectivity index (χ1n) is 17.8. The topological polar surface area (TPSA) is 49.4 Å². The van der Waals surface area contributed by atoms with Gasteiger partial charge in [0.1, 0.15) is 5.76 Å². The Labute approximate surface area is 285 Å². The second kappa shape index (κ2) is 20.2. The molecule has 3 aromatic rings. The summed E-state index contributed by atoms with van der Waals surface area (Å²) in [5.41, 5.74) is 5.28.